The monoisotopic (exact) mass is 164 g/mol. The Bertz CT molecular complexity index is 128. The number of rotatable bonds is 1. The first kappa shape index (κ1) is 8.89. The van der Waals surface area contributed by atoms with Crippen LogP contribution in [0.25, 0.3) is 0 Å². The van der Waals surface area contributed by atoms with Crippen LogP contribution in [-0.2, 0) is 9.47 Å². The van der Waals surface area contributed by atoms with E-state index in [-0.39, 0.29) is 6.61 Å². The minimum atomic E-state index is -1.26. The molecule has 0 aromatic heterocycles. The maximum absolute atomic E-state index is 9.15. The molecule has 0 aromatic rings. The molecule has 0 aliphatic carbocycles. The van der Waals surface area contributed by atoms with Crippen molar-refractivity contribution in [2.45, 2.75) is 24.6 Å². The zero-order valence-corrected chi connectivity index (χ0v) is 6.17. The summed E-state index contributed by atoms with van der Waals surface area (Å²) in [6.45, 7) is -0.0171. The minimum absolute atomic E-state index is 0.0171. The summed E-state index contributed by atoms with van der Waals surface area (Å²) in [5.41, 5.74) is 0. The van der Waals surface area contributed by atoms with Crippen LogP contribution in [0.2, 0.25) is 0 Å². The van der Waals surface area contributed by atoms with E-state index in [1.54, 1.807) is 0 Å². The highest BCUT2D eigenvalue weighted by Gasteiger charge is 2.37. The predicted molar refractivity (Wildman–Crippen MR) is 34.8 cm³/mol. The Labute approximate surface area is 64.2 Å². The van der Waals surface area contributed by atoms with Crippen molar-refractivity contribution in [1.29, 1.82) is 0 Å². The lowest BCUT2D eigenvalue weighted by molar-refractivity contribution is -0.257. The zero-order chi connectivity index (χ0) is 8.43. The van der Waals surface area contributed by atoms with Crippen molar-refractivity contribution in [3.05, 3.63) is 0 Å². The molecule has 5 heteroatoms. The lowest BCUT2D eigenvalue weighted by Gasteiger charge is -2.34. The van der Waals surface area contributed by atoms with E-state index in [0.717, 1.165) is 0 Å². The van der Waals surface area contributed by atoms with Gasteiger partial charge in [0.25, 0.3) is 0 Å². The summed E-state index contributed by atoms with van der Waals surface area (Å²) >= 11 is 0. The molecule has 1 rings (SSSR count). The number of hydrogen-bond donors (Lipinski definition) is 3. The van der Waals surface area contributed by atoms with Crippen LogP contribution in [0.5, 0.6) is 0 Å². The summed E-state index contributed by atoms with van der Waals surface area (Å²) in [4.78, 5) is 0. The van der Waals surface area contributed by atoms with Crippen molar-refractivity contribution in [3.63, 3.8) is 0 Å². The Kier molecular flexibility index (Phi) is 2.80. The average Bonchev–Trinajstić information content (AvgIpc) is 1.99. The fourth-order valence-corrected chi connectivity index (χ4v) is 1.08. The maximum atomic E-state index is 9.15. The Morgan fingerprint density at radius 1 is 1.36 bits per heavy atom. The van der Waals surface area contributed by atoms with Crippen molar-refractivity contribution >= 4 is 0 Å². The van der Waals surface area contributed by atoms with Crippen LogP contribution >= 0.6 is 0 Å². The summed E-state index contributed by atoms with van der Waals surface area (Å²) < 4.78 is 9.36. The molecule has 3 N–H and O–H groups in total. The first-order valence-corrected chi connectivity index (χ1v) is 3.35. The second-order valence-electron chi connectivity index (χ2n) is 2.48. The molecule has 1 aliphatic rings. The highest BCUT2D eigenvalue weighted by atomic mass is 16.6. The average molecular weight is 164 g/mol. The van der Waals surface area contributed by atoms with Crippen LogP contribution in [0, 0.1) is 0 Å². The van der Waals surface area contributed by atoms with E-state index in [0.29, 0.717) is 0 Å². The van der Waals surface area contributed by atoms with Gasteiger partial charge >= 0.3 is 0 Å². The fourth-order valence-electron chi connectivity index (χ4n) is 1.08. The van der Waals surface area contributed by atoms with Crippen LogP contribution in [0.15, 0.2) is 0 Å². The molecule has 0 aromatic carbocycles. The van der Waals surface area contributed by atoms with Crippen LogP contribution in [0.4, 0.5) is 0 Å². The molecule has 0 bridgehead atoms. The Morgan fingerprint density at radius 3 is 2.45 bits per heavy atom. The van der Waals surface area contributed by atoms with Crippen LogP contribution in [0.3, 0.4) is 0 Å². The van der Waals surface area contributed by atoms with Gasteiger partial charge in [-0.05, 0) is 0 Å². The Balaban J connectivity index is 2.55. The predicted octanol–water partition coefficient (Wildman–Crippen LogP) is -1.93. The van der Waals surface area contributed by atoms with Gasteiger partial charge in [-0.15, -0.1) is 0 Å². The quantitative estimate of drug-likeness (QED) is 0.420. The van der Waals surface area contributed by atoms with Gasteiger partial charge in [-0.3, -0.25) is 0 Å². The summed E-state index contributed by atoms with van der Waals surface area (Å²) in [5.74, 6) is 0. The number of hydrogen-bond acceptors (Lipinski definition) is 5. The van der Waals surface area contributed by atoms with Gasteiger partial charge in [-0.2, -0.15) is 0 Å². The highest BCUT2D eigenvalue weighted by Crippen LogP contribution is 2.15. The molecule has 1 aliphatic heterocycles. The molecule has 1 fully saturated rings. The van der Waals surface area contributed by atoms with E-state index in [1.165, 1.54) is 7.11 Å². The standard InChI is InChI=1S/C6H12O5/c1-10-5-3(7)2-11-6(9)4(5)8/h3-9H,2H2,1H3/t3-,4?,5?,6-/m1/s1. The second-order valence-corrected chi connectivity index (χ2v) is 2.48. The van der Waals surface area contributed by atoms with Crippen LogP contribution in [0.1, 0.15) is 0 Å². The molecule has 4 atom stereocenters. The van der Waals surface area contributed by atoms with Crippen molar-refractivity contribution in [2.24, 2.45) is 0 Å². The maximum Gasteiger partial charge on any atom is 0.183 e. The minimum Gasteiger partial charge on any atom is -0.388 e. The van der Waals surface area contributed by atoms with Gasteiger partial charge in [0.2, 0.25) is 0 Å². The van der Waals surface area contributed by atoms with Crippen molar-refractivity contribution in [2.75, 3.05) is 13.7 Å². The van der Waals surface area contributed by atoms with Crippen LogP contribution in [-0.4, -0.2) is 53.6 Å². The van der Waals surface area contributed by atoms with Gasteiger partial charge in [0.15, 0.2) is 6.29 Å². The van der Waals surface area contributed by atoms with Gasteiger partial charge < -0.3 is 24.8 Å². The smallest absolute Gasteiger partial charge is 0.183 e. The number of aliphatic hydroxyl groups excluding tert-OH is 3. The molecule has 11 heavy (non-hydrogen) atoms. The number of methoxy groups -OCH3 is 1. The van der Waals surface area contributed by atoms with Gasteiger partial charge in [-0.25, -0.2) is 0 Å². The van der Waals surface area contributed by atoms with E-state index in [1.807, 2.05) is 0 Å². The number of ether oxygens (including phenoxy) is 2. The van der Waals surface area contributed by atoms with E-state index < -0.39 is 24.6 Å². The molecule has 5 nitrogen and oxygen atoms in total. The van der Waals surface area contributed by atoms with Crippen molar-refractivity contribution in [3.8, 4) is 0 Å². The first-order valence-electron chi connectivity index (χ1n) is 3.35. The van der Waals surface area contributed by atoms with Gasteiger partial charge in [0.05, 0.1) is 6.61 Å². The molecule has 0 amide bonds. The van der Waals surface area contributed by atoms with Crippen molar-refractivity contribution < 1.29 is 24.8 Å². The topological polar surface area (TPSA) is 79.2 Å². The molecular weight excluding hydrogens is 152 g/mol. The molecule has 0 radical (unpaired) electrons. The normalized spacial score (nSPS) is 45.8. The van der Waals surface area contributed by atoms with Crippen LogP contribution < -0.4 is 0 Å². The van der Waals surface area contributed by atoms with Gasteiger partial charge in [-0.1, -0.05) is 0 Å². The molecule has 1 saturated heterocycles. The molecular formula is C6H12O5. The first-order chi connectivity index (χ1) is 5.16. The fraction of sp³-hybridized carbons (Fsp3) is 1.00. The van der Waals surface area contributed by atoms with Gasteiger partial charge in [0, 0.05) is 7.11 Å². The molecule has 1 heterocycles. The third-order valence-electron chi connectivity index (χ3n) is 1.72. The lowest BCUT2D eigenvalue weighted by Crippen LogP contribution is -2.53. The molecule has 0 saturated carbocycles. The Morgan fingerprint density at radius 2 is 2.00 bits per heavy atom. The van der Waals surface area contributed by atoms with E-state index >= 15 is 0 Å². The summed E-state index contributed by atoms with van der Waals surface area (Å²) in [7, 11) is 1.36. The third-order valence-corrected chi connectivity index (χ3v) is 1.72. The summed E-state index contributed by atoms with van der Waals surface area (Å²) in [5, 5.41) is 27.2. The molecule has 66 valence electrons. The Hall–Kier alpha value is -0.200. The second kappa shape index (κ2) is 3.46. The summed E-state index contributed by atoms with van der Waals surface area (Å²) in [6.07, 6.45) is -4.08. The van der Waals surface area contributed by atoms with E-state index in [9.17, 15) is 0 Å². The summed E-state index contributed by atoms with van der Waals surface area (Å²) in [6, 6.07) is 0. The molecule has 0 spiro atoms. The SMILES string of the molecule is COC1C(O)[C@H](O)OC[C@H]1O. The van der Waals surface area contributed by atoms with E-state index in [2.05, 4.69) is 4.74 Å². The highest BCUT2D eigenvalue weighted by molar-refractivity contribution is 4.82. The number of aliphatic hydroxyl groups is 3. The van der Waals surface area contributed by atoms with Crippen molar-refractivity contribution in [1.82, 2.24) is 0 Å². The van der Waals surface area contributed by atoms with E-state index in [4.69, 9.17) is 20.1 Å². The largest absolute Gasteiger partial charge is 0.388 e. The zero-order valence-electron chi connectivity index (χ0n) is 6.17. The third kappa shape index (κ3) is 1.69. The van der Waals surface area contributed by atoms with Gasteiger partial charge in [0.1, 0.15) is 18.3 Å². The lowest BCUT2D eigenvalue weighted by atomic mass is 10.1. The molecule has 2 unspecified atom stereocenters.